The Balaban J connectivity index is 1.35. The fourth-order valence-electron chi connectivity index (χ4n) is 5.49. The summed E-state index contributed by atoms with van der Waals surface area (Å²) in [6, 6.07) is 8.50. The van der Waals surface area contributed by atoms with Gasteiger partial charge in [0, 0.05) is 31.9 Å². The smallest absolute Gasteiger partial charge is 0.378 e. The van der Waals surface area contributed by atoms with Crippen LogP contribution in [-0.2, 0) is 24.5 Å². The van der Waals surface area contributed by atoms with Gasteiger partial charge < -0.3 is 24.1 Å². The molecule has 2 aromatic carbocycles. The Bertz CT molecular complexity index is 1400. The van der Waals surface area contributed by atoms with Gasteiger partial charge in [-0.3, -0.25) is 0 Å². The Morgan fingerprint density at radius 3 is 2.58 bits per heavy atom. The van der Waals surface area contributed by atoms with Crippen LogP contribution in [0, 0.1) is 0 Å². The van der Waals surface area contributed by atoms with E-state index < -0.39 is 11.7 Å². The van der Waals surface area contributed by atoms with Gasteiger partial charge >= 0.3 is 6.18 Å². The van der Waals surface area contributed by atoms with Gasteiger partial charge in [-0.2, -0.15) is 13.2 Å². The number of aromatic nitrogens is 4. The third kappa shape index (κ3) is 4.17. The molecule has 0 spiro atoms. The zero-order chi connectivity index (χ0) is 24.9. The highest BCUT2D eigenvalue weighted by atomic mass is 19.4. The molecule has 1 N–H and O–H groups in total. The number of benzene rings is 2. The van der Waals surface area contributed by atoms with E-state index in [0.29, 0.717) is 42.7 Å². The third-order valence-electron chi connectivity index (χ3n) is 7.50. The first-order valence-corrected chi connectivity index (χ1v) is 12.5. The maximum atomic E-state index is 13.2. The van der Waals surface area contributed by atoms with Crippen LogP contribution in [0.2, 0.25) is 0 Å². The van der Waals surface area contributed by atoms with Crippen LogP contribution in [-0.4, -0.2) is 45.4 Å². The molecule has 2 aromatic heterocycles. The number of morpholine rings is 1. The van der Waals surface area contributed by atoms with E-state index in [1.807, 2.05) is 17.9 Å². The number of ether oxygens (including phenoxy) is 1. The lowest BCUT2D eigenvalue weighted by Gasteiger charge is -2.29. The molecular weight excluding hydrogens is 469 g/mol. The van der Waals surface area contributed by atoms with Crippen LogP contribution >= 0.6 is 0 Å². The normalized spacial score (nSPS) is 17.5. The maximum Gasteiger partial charge on any atom is 0.416 e. The minimum atomic E-state index is -4.40. The van der Waals surface area contributed by atoms with Crippen molar-refractivity contribution in [2.24, 2.45) is 7.05 Å². The van der Waals surface area contributed by atoms with Gasteiger partial charge in [0.05, 0.1) is 53.9 Å². The number of hydrogen-bond acceptors (Lipinski definition) is 5. The summed E-state index contributed by atoms with van der Waals surface area (Å²) in [4.78, 5) is 11.6. The molecule has 0 bridgehead atoms. The summed E-state index contributed by atoms with van der Waals surface area (Å²) in [6.07, 6.45) is 2.35. The molecule has 0 amide bonds. The Hall–Kier alpha value is -3.27. The van der Waals surface area contributed by atoms with E-state index in [1.165, 1.54) is 18.9 Å². The summed E-state index contributed by atoms with van der Waals surface area (Å²) >= 11 is 0. The molecule has 7 nitrogen and oxygen atoms in total. The van der Waals surface area contributed by atoms with Crippen molar-refractivity contribution in [2.75, 3.05) is 36.5 Å². The lowest BCUT2D eigenvalue weighted by Crippen LogP contribution is -2.36. The molecule has 36 heavy (non-hydrogen) atoms. The monoisotopic (exact) mass is 498 g/mol. The molecule has 4 aromatic rings. The largest absolute Gasteiger partial charge is 0.416 e. The van der Waals surface area contributed by atoms with Crippen LogP contribution in [0.3, 0.4) is 0 Å². The second kappa shape index (κ2) is 8.99. The first-order valence-electron chi connectivity index (χ1n) is 12.5. The van der Waals surface area contributed by atoms with E-state index in [1.54, 1.807) is 0 Å². The number of imidazole rings is 2. The molecule has 0 radical (unpaired) electrons. The number of rotatable bonds is 5. The number of halogens is 3. The summed E-state index contributed by atoms with van der Waals surface area (Å²) in [7, 11) is 1.83. The van der Waals surface area contributed by atoms with Crippen molar-refractivity contribution >= 4 is 33.4 Å². The average molecular weight is 499 g/mol. The van der Waals surface area contributed by atoms with Crippen molar-refractivity contribution in [3.8, 4) is 0 Å². The van der Waals surface area contributed by atoms with Gasteiger partial charge in [0.2, 0.25) is 0 Å². The summed E-state index contributed by atoms with van der Waals surface area (Å²) in [5, 5.41) is 3.49. The second-order valence-corrected chi connectivity index (χ2v) is 9.69. The van der Waals surface area contributed by atoms with Crippen LogP contribution in [0.5, 0.6) is 0 Å². The molecule has 3 heterocycles. The van der Waals surface area contributed by atoms with Crippen molar-refractivity contribution < 1.29 is 17.9 Å². The van der Waals surface area contributed by atoms with Crippen molar-refractivity contribution in [2.45, 2.75) is 44.4 Å². The van der Waals surface area contributed by atoms with Crippen molar-refractivity contribution in [1.82, 2.24) is 19.1 Å². The SMILES string of the molecule is Cn1c(CNc2cc(N3CCOCC3)cc3c2ncn3C2CCCC2)nc2cc(C(F)(F)F)ccc21. The lowest BCUT2D eigenvalue weighted by atomic mass is 10.2. The fraction of sp³-hybridized carbons (Fsp3) is 0.462. The Morgan fingerprint density at radius 2 is 1.83 bits per heavy atom. The molecule has 1 aliphatic heterocycles. The van der Waals surface area contributed by atoms with Crippen molar-refractivity contribution in [3.63, 3.8) is 0 Å². The van der Waals surface area contributed by atoms with E-state index in [-0.39, 0.29) is 0 Å². The zero-order valence-corrected chi connectivity index (χ0v) is 20.2. The van der Waals surface area contributed by atoms with Crippen LogP contribution < -0.4 is 10.2 Å². The van der Waals surface area contributed by atoms with Crippen molar-refractivity contribution in [1.29, 1.82) is 0 Å². The molecule has 6 rings (SSSR count). The van der Waals surface area contributed by atoms with Crippen LogP contribution in [0.25, 0.3) is 22.1 Å². The maximum absolute atomic E-state index is 13.2. The molecule has 1 saturated heterocycles. The van der Waals surface area contributed by atoms with Crippen LogP contribution in [0.15, 0.2) is 36.7 Å². The molecule has 2 fully saturated rings. The van der Waals surface area contributed by atoms with Gasteiger partial charge in [-0.1, -0.05) is 12.8 Å². The third-order valence-corrected chi connectivity index (χ3v) is 7.50. The second-order valence-electron chi connectivity index (χ2n) is 9.69. The quantitative estimate of drug-likeness (QED) is 0.394. The topological polar surface area (TPSA) is 60.1 Å². The molecule has 1 aliphatic carbocycles. The van der Waals surface area contributed by atoms with Gasteiger partial charge in [-0.05, 0) is 43.2 Å². The predicted octanol–water partition coefficient (Wildman–Crippen LogP) is 5.51. The Morgan fingerprint density at radius 1 is 1.06 bits per heavy atom. The highest BCUT2D eigenvalue weighted by Gasteiger charge is 2.31. The summed E-state index contributed by atoms with van der Waals surface area (Å²) in [5.74, 6) is 0.657. The van der Waals surface area contributed by atoms with E-state index in [0.717, 1.165) is 60.5 Å². The fourth-order valence-corrected chi connectivity index (χ4v) is 5.49. The number of hydrogen-bond donors (Lipinski definition) is 1. The van der Waals surface area contributed by atoms with Crippen LogP contribution in [0.1, 0.15) is 43.1 Å². The molecule has 0 atom stereocenters. The summed E-state index contributed by atoms with van der Waals surface area (Å²) < 4.78 is 49.2. The summed E-state index contributed by atoms with van der Waals surface area (Å²) in [5.41, 5.74) is 4.33. The Kier molecular flexibility index (Phi) is 5.78. The number of aryl methyl sites for hydroxylation is 1. The first kappa shape index (κ1) is 23.1. The number of nitrogens with zero attached hydrogens (tertiary/aromatic N) is 5. The predicted molar refractivity (Wildman–Crippen MR) is 133 cm³/mol. The van der Waals surface area contributed by atoms with Gasteiger partial charge in [-0.25, -0.2) is 9.97 Å². The standard InChI is InChI=1S/C26H29F3N6O/c1-33-22-7-6-17(26(27,28)29)12-20(22)32-24(33)15-30-21-13-19(34-8-10-36-11-9-34)14-23-25(21)31-16-35(23)18-4-2-3-5-18/h6-7,12-14,16,18,30H,2-5,8-11,15H2,1H3. The number of anilines is 2. The lowest BCUT2D eigenvalue weighted by molar-refractivity contribution is -0.137. The average Bonchev–Trinajstić information content (AvgIpc) is 3.61. The molecule has 2 aliphatic rings. The van der Waals surface area contributed by atoms with Gasteiger partial charge in [0.25, 0.3) is 0 Å². The van der Waals surface area contributed by atoms with E-state index in [9.17, 15) is 13.2 Å². The highest BCUT2D eigenvalue weighted by molar-refractivity contribution is 5.92. The number of alkyl halides is 3. The van der Waals surface area contributed by atoms with Gasteiger partial charge in [0.1, 0.15) is 11.3 Å². The molecule has 10 heteroatoms. The molecular formula is C26H29F3N6O. The van der Waals surface area contributed by atoms with Gasteiger partial charge in [0.15, 0.2) is 0 Å². The van der Waals surface area contributed by atoms with Gasteiger partial charge in [-0.15, -0.1) is 0 Å². The zero-order valence-electron chi connectivity index (χ0n) is 20.2. The van der Waals surface area contributed by atoms with Crippen LogP contribution in [0.4, 0.5) is 24.5 Å². The Labute approximate surface area is 206 Å². The number of fused-ring (bicyclic) bond motifs is 2. The molecule has 1 saturated carbocycles. The number of nitrogens with one attached hydrogen (secondary N) is 1. The van der Waals surface area contributed by atoms with E-state index in [2.05, 4.69) is 31.9 Å². The molecule has 0 unspecified atom stereocenters. The highest BCUT2D eigenvalue weighted by Crippen LogP contribution is 2.36. The minimum Gasteiger partial charge on any atom is -0.378 e. The van der Waals surface area contributed by atoms with E-state index >= 15 is 0 Å². The summed E-state index contributed by atoms with van der Waals surface area (Å²) in [6.45, 7) is 3.42. The van der Waals surface area contributed by atoms with Crippen molar-refractivity contribution in [3.05, 3.63) is 48.0 Å². The minimum absolute atomic E-state index is 0.335. The molecule has 190 valence electrons. The first-order chi connectivity index (χ1) is 17.4. The van der Waals surface area contributed by atoms with E-state index in [4.69, 9.17) is 9.72 Å².